The monoisotopic (exact) mass is 244 g/mol. The molecule has 1 aromatic carbocycles. The molecule has 1 aromatic heterocycles. The first kappa shape index (κ1) is 12.5. The topological polar surface area (TPSA) is 58.2 Å². The lowest BCUT2D eigenvalue weighted by Gasteiger charge is -2.08. The van der Waals surface area contributed by atoms with Crippen LogP contribution in [-0.2, 0) is 0 Å². The molecule has 0 saturated heterocycles. The Bertz CT molecular complexity index is 596. The molecule has 0 aliphatic carbocycles. The lowest BCUT2D eigenvalue weighted by atomic mass is 10.1. The van der Waals surface area contributed by atoms with Gasteiger partial charge in [0.2, 0.25) is 0 Å². The maximum atomic E-state index is 8.58. The molecule has 2 rings (SSSR count). The van der Waals surface area contributed by atoms with Gasteiger partial charge in [0.15, 0.2) is 0 Å². The molecule has 0 radical (unpaired) electrons. The summed E-state index contributed by atoms with van der Waals surface area (Å²) in [6, 6.07) is 7.83. The SMILES string of the molecule is COc1ccc2oc([C@@H](C)NCC#N)c(C)c2c1. The number of ether oxygens (including phenoxy) is 1. The molecule has 4 nitrogen and oxygen atoms in total. The van der Waals surface area contributed by atoms with E-state index in [1.165, 1.54) is 0 Å². The van der Waals surface area contributed by atoms with Crippen molar-refractivity contribution < 1.29 is 9.15 Å². The predicted octanol–water partition coefficient (Wildman–Crippen LogP) is 2.92. The van der Waals surface area contributed by atoms with Gasteiger partial charge < -0.3 is 9.15 Å². The van der Waals surface area contributed by atoms with Gasteiger partial charge in [0, 0.05) is 10.9 Å². The quantitative estimate of drug-likeness (QED) is 0.840. The molecule has 1 heterocycles. The number of furan rings is 1. The lowest BCUT2D eigenvalue weighted by Crippen LogP contribution is -2.18. The summed E-state index contributed by atoms with van der Waals surface area (Å²) in [7, 11) is 1.65. The number of hydrogen-bond donors (Lipinski definition) is 1. The second-order valence-electron chi connectivity index (χ2n) is 4.21. The molecule has 0 fully saturated rings. The fourth-order valence-electron chi connectivity index (χ4n) is 2.05. The van der Waals surface area contributed by atoms with Crippen molar-refractivity contribution in [2.24, 2.45) is 0 Å². The van der Waals surface area contributed by atoms with Crippen LogP contribution in [0.25, 0.3) is 11.0 Å². The zero-order valence-corrected chi connectivity index (χ0v) is 10.8. The highest BCUT2D eigenvalue weighted by Crippen LogP contribution is 2.31. The number of fused-ring (bicyclic) bond motifs is 1. The van der Waals surface area contributed by atoms with Gasteiger partial charge in [-0.1, -0.05) is 0 Å². The zero-order chi connectivity index (χ0) is 13.1. The molecule has 1 atom stereocenters. The van der Waals surface area contributed by atoms with Gasteiger partial charge in [0.1, 0.15) is 17.1 Å². The Labute approximate surface area is 106 Å². The number of aryl methyl sites for hydroxylation is 1. The van der Waals surface area contributed by atoms with E-state index in [-0.39, 0.29) is 6.04 Å². The summed E-state index contributed by atoms with van der Waals surface area (Å²) >= 11 is 0. The Morgan fingerprint density at radius 3 is 2.94 bits per heavy atom. The van der Waals surface area contributed by atoms with Crippen molar-refractivity contribution in [2.75, 3.05) is 13.7 Å². The van der Waals surface area contributed by atoms with E-state index >= 15 is 0 Å². The van der Waals surface area contributed by atoms with Crippen molar-refractivity contribution in [2.45, 2.75) is 19.9 Å². The summed E-state index contributed by atoms with van der Waals surface area (Å²) in [5.41, 5.74) is 1.93. The van der Waals surface area contributed by atoms with E-state index in [9.17, 15) is 0 Å². The number of benzene rings is 1. The van der Waals surface area contributed by atoms with Gasteiger partial charge in [-0.25, -0.2) is 0 Å². The van der Waals surface area contributed by atoms with E-state index in [4.69, 9.17) is 14.4 Å². The molecular weight excluding hydrogens is 228 g/mol. The molecule has 0 amide bonds. The van der Waals surface area contributed by atoms with E-state index in [0.717, 1.165) is 28.0 Å². The van der Waals surface area contributed by atoms with Crippen LogP contribution in [0.3, 0.4) is 0 Å². The minimum atomic E-state index is 0.0167. The highest BCUT2D eigenvalue weighted by Gasteiger charge is 2.16. The van der Waals surface area contributed by atoms with Gasteiger partial charge in [0.25, 0.3) is 0 Å². The Hall–Kier alpha value is -1.99. The second-order valence-corrected chi connectivity index (χ2v) is 4.21. The summed E-state index contributed by atoms with van der Waals surface area (Å²) < 4.78 is 11.0. The van der Waals surface area contributed by atoms with Crippen LogP contribution < -0.4 is 10.1 Å². The van der Waals surface area contributed by atoms with Crippen LogP contribution in [0.2, 0.25) is 0 Å². The highest BCUT2D eigenvalue weighted by molar-refractivity contribution is 5.83. The fourth-order valence-corrected chi connectivity index (χ4v) is 2.05. The number of nitrogens with one attached hydrogen (secondary N) is 1. The van der Waals surface area contributed by atoms with Crippen molar-refractivity contribution in [3.63, 3.8) is 0 Å². The fraction of sp³-hybridized carbons (Fsp3) is 0.357. The largest absolute Gasteiger partial charge is 0.497 e. The maximum absolute atomic E-state index is 8.58. The van der Waals surface area contributed by atoms with Crippen molar-refractivity contribution in [1.82, 2.24) is 5.32 Å². The van der Waals surface area contributed by atoms with E-state index in [2.05, 4.69) is 11.4 Å². The molecule has 0 saturated carbocycles. The van der Waals surface area contributed by atoms with Gasteiger partial charge >= 0.3 is 0 Å². The first-order valence-corrected chi connectivity index (χ1v) is 5.84. The standard InChI is InChI=1S/C14H16N2O2/c1-9-12-8-11(17-3)4-5-13(12)18-14(9)10(2)16-7-6-15/h4-5,8,10,16H,7H2,1-3H3/t10-/m1/s1. The number of nitrogens with zero attached hydrogens (tertiary/aromatic N) is 1. The molecule has 0 aliphatic rings. The number of rotatable bonds is 4. The second kappa shape index (κ2) is 5.11. The lowest BCUT2D eigenvalue weighted by molar-refractivity contribution is 0.415. The zero-order valence-electron chi connectivity index (χ0n) is 10.8. The molecule has 0 spiro atoms. The van der Waals surface area contributed by atoms with E-state index < -0.39 is 0 Å². The van der Waals surface area contributed by atoms with E-state index in [1.54, 1.807) is 7.11 Å². The van der Waals surface area contributed by atoms with Crippen LogP contribution >= 0.6 is 0 Å². The molecule has 4 heteroatoms. The normalized spacial score (nSPS) is 12.3. The Morgan fingerprint density at radius 1 is 1.50 bits per heavy atom. The minimum absolute atomic E-state index is 0.0167. The van der Waals surface area contributed by atoms with Gasteiger partial charge in [-0.3, -0.25) is 5.32 Å². The van der Waals surface area contributed by atoms with Crippen molar-refractivity contribution >= 4 is 11.0 Å². The van der Waals surface area contributed by atoms with E-state index in [0.29, 0.717) is 6.54 Å². The van der Waals surface area contributed by atoms with Crippen LogP contribution in [0, 0.1) is 18.3 Å². The van der Waals surface area contributed by atoms with Crippen LogP contribution in [-0.4, -0.2) is 13.7 Å². The summed E-state index contributed by atoms with van der Waals surface area (Å²) in [5.74, 6) is 1.68. The summed E-state index contributed by atoms with van der Waals surface area (Å²) in [6.45, 7) is 4.31. The third kappa shape index (κ3) is 2.18. The number of methoxy groups -OCH3 is 1. The average molecular weight is 244 g/mol. The molecule has 2 aromatic rings. The van der Waals surface area contributed by atoms with Crippen LogP contribution in [0.5, 0.6) is 5.75 Å². The average Bonchev–Trinajstić information content (AvgIpc) is 2.73. The molecule has 0 aliphatic heterocycles. The van der Waals surface area contributed by atoms with Crippen LogP contribution in [0.1, 0.15) is 24.3 Å². The third-order valence-electron chi connectivity index (χ3n) is 3.06. The smallest absolute Gasteiger partial charge is 0.134 e. The molecule has 0 bridgehead atoms. The van der Waals surface area contributed by atoms with Gasteiger partial charge in [-0.2, -0.15) is 5.26 Å². The maximum Gasteiger partial charge on any atom is 0.134 e. The third-order valence-corrected chi connectivity index (χ3v) is 3.06. The van der Waals surface area contributed by atoms with Crippen molar-refractivity contribution in [1.29, 1.82) is 5.26 Å². The van der Waals surface area contributed by atoms with Gasteiger partial charge in [-0.05, 0) is 32.0 Å². The summed E-state index contributed by atoms with van der Waals surface area (Å²) in [6.07, 6.45) is 0. The first-order valence-electron chi connectivity index (χ1n) is 5.84. The summed E-state index contributed by atoms with van der Waals surface area (Å²) in [5, 5.41) is 12.7. The minimum Gasteiger partial charge on any atom is -0.497 e. The number of nitriles is 1. The van der Waals surface area contributed by atoms with E-state index in [1.807, 2.05) is 32.0 Å². The summed E-state index contributed by atoms with van der Waals surface area (Å²) in [4.78, 5) is 0. The first-order chi connectivity index (χ1) is 8.67. The molecule has 0 unspecified atom stereocenters. The van der Waals surface area contributed by atoms with Crippen LogP contribution in [0.4, 0.5) is 0 Å². The van der Waals surface area contributed by atoms with Crippen molar-refractivity contribution in [3.05, 3.63) is 29.5 Å². The number of hydrogen-bond acceptors (Lipinski definition) is 4. The van der Waals surface area contributed by atoms with Gasteiger partial charge in [0.05, 0.1) is 25.8 Å². The van der Waals surface area contributed by atoms with Crippen molar-refractivity contribution in [3.8, 4) is 11.8 Å². The Balaban J connectivity index is 2.41. The van der Waals surface area contributed by atoms with Gasteiger partial charge in [-0.15, -0.1) is 0 Å². The molecule has 1 N–H and O–H groups in total. The molecular formula is C14H16N2O2. The highest BCUT2D eigenvalue weighted by atomic mass is 16.5. The Morgan fingerprint density at radius 2 is 2.28 bits per heavy atom. The predicted molar refractivity (Wildman–Crippen MR) is 69.5 cm³/mol. The Kier molecular flexibility index (Phi) is 3.54. The molecule has 18 heavy (non-hydrogen) atoms. The van der Waals surface area contributed by atoms with Crippen LogP contribution in [0.15, 0.2) is 22.6 Å². The molecule has 94 valence electrons.